The molecule has 0 aliphatic rings. The summed E-state index contributed by atoms with van der Waals surface area (Å²) in [6, 6.07) is 0. The molecule has 3 atom stereocenters. The Kier molecular flexibility index (Phi) is 12.8. The van der Waals surface area contributed by atoms with Gasteiger partial charge in [0.15, 0.2) is 0 Å². The molecule has 0 bridgehead atoms. The summed E-state index contributed by atoms with van der Waals surface area (Å²) in [6.07, 6.45) is 2.96. The van der Waals surface area contributed by atoms with Gasteiger partial charge >= 0.3 is 177 Å². The average Bonchev–Trinajstić information content (AvgIpc) is 2.58. The van der Waals surface area contributed by atoms with E-state index in [4.69, 9.17) is 13.0 Å². The Bertz CT molecular complexity index is 351. The summed E-state index contributed by atoms with van der Waals surface area (Å²) in [6.45, 7) is 26.5. The third kappa shape index (κ3) is 7.84. The molecule has 0 aromatic carbocycles. The second-order valence-corrected chi connectivity index (χ2v) is 17.9. The van der Waals surface area contributed by atoms with Gasteiger partial charge in [-0.2, -0.15) is 0 Å². The van der Waals surface area contributed by atoms with Gasteiger partial charge in [-0.05, 0) is 0 Å². The second kappa shape index (κ2) is 12.5. The summed E-state index contributed by atoms with van der Waals surface area (Å²) < 4.78 is 27.0. The van der Waals surface area contributed by atoms with Crippen LogP contribution in [0.5, 0.6) is 0 Å². The van der Waals surface area contributed by atoms with Crippen LogP contribution in [0.25, 0.3) is 0 Å². The molecule has 0 aliphatic heterocycles. The summed E-state index contributed by atoms with van der Waals surface area (Å²) in [5, 5.41) is 0. The van der Waals surface area contributed by atoms with Crippen LogP contribution in [-0.2, 0) is 31.1 Å². The molecule has 0 aromatic rings. The van der Waals surface area contributed by atoms with E-state index in [0.717, 1.165) is 19.3 Å². The molecule has 0 N–H and O–H groups in total. The van der Waals surface area contributed by atoms with Crippen molar-refractivity contribution in [1.29, 1.82) is 0 Å². The zero-order valence-corrected chi connectivity index (χ0v) is 22.8. The van der Waals surface area contributed by atoms with Crippen LogP contribution in [0.1, 0.15) is 102 Å². The van der Waals surface area contributed by atoms with Crippen LogP contribution in [0.2, 0.25) is 16.6 Å². The van der Waals surface area contributed by atoms with E-state index in [-0.39, 0.29) is 18.3 Å². The average molecular weight is 441 g/mol. The molecular weight excluding hydrogens is 392 g/mol. The van der Waals surface area contributed by atoms with Gasteiger partial charge in [0, 0.05) is 0 Å². The van der Waals surface area contributed by atoms with Crippen molar-refractivity contribution in [3.8, 4) is 0 Å². The maximum absolute atomic E-state index is 7.19. The molecule has 4 nitrogen and oxygen atoms in total. The number of hydrogen-bond acceptors (Lipinski definition) is 4. The molecule has 0 heterocycles. The summed E-state index contributed by atoms with van der Waals surface area (Å²) >= 11 is -3.96. The van der Waals surface area contributed by atoms with Crippen molar-refractivity contribution in [3.63, 3.8) is 0 Å². The molecular formula is C21H48O4SiTi. The molecule has 6 heteroatoms. The molecule has 27 heavy (non-hydrogen) atoms. The van der Waals surface area contributed by atoms with Crippen LogP contribution in [0.3, 0.4) is 0 Å². The quantitative estimate of drug-likeness (QED) is 0.263. The van der Waals surface area contributed by atoms with Gasteiger partial charge in [0.05, 0.1) is 0 Å². The van der Waals surface area contributed by atoms with Gasteiger partial charge in [-0.15, -0.1) is 0 Å². The van der Waals surface area contributed by atoms with E-state index in [9.17, 15) is 0 Å². The first-order valence-corrected chi connectivity index (χ1v) is 15.8. The second-order valence-electron chi connectivity index (χ2n) is 8.93. The molecule has 0 amide bonds. The number of rotatable bonds is 14. The van der Waals surface area contributed by atoms with Gasteiger partial charge < -0.3 is 0 Å². The first-order chi connectivity index (χ1) is 12.4. The van der Waals surface area contributed by atoms with E-state index < -0.39 is 26.5 Å². The molecule has 0 saturated carbocycles. The molecule has 0 rings (SSSR count). The topological polar surface area (TPSA) is 36.9 Å². The van der Waals surface area contributed by atoms with Crippen LogP contribution < -0.4 is 0 Å². The fourth-order valence-electron chi connectivity index (χ4n) is 3.71. The van der Waals surface area contributed by atoms with Crippen molar-refractivity contribution in [3.05, 3.63) is 0 Å². The molecule has 0 fully saturated rings. The van der Waals surface area contributed by atoms with Crippen molar-refractivity contribution in [1.82, 2.24) is 0 Å². The third-order valence-electron chi connectivity index (χ3n) is 5.77. The minimum atomic E-state index is -3.96. The molecule has 0 radical (unpaired) electrons. The monoisotopic (exact) mass is 440 g/mol. The van der Waals surface area contributed by atoms with Gasteiger partial charge in [0.1, 0.15) is 0 Å². The van der Waals surface area contributed by atoms with Crippen LogP contribution in [-0.4, -0.2) is 26.6 Å². The molecule has 0 saturated heterocycles. The fourth-order valence-corrected chi connectivity index (χ4v) is 18.4. The van der Waals surface area contributed by atoms with Crippen molar-refractivity contribution >= 4 is 8.32 Å². The minimum absolute atomic E-state index is 0.0660. The zero-order chi connectivity index (χ0) is 21.4. The molecule has 0 aromatic heterocycles. The predicted molar refractivity (Wildman–Crippen MR) is 115 cm³/mol. The van der Waals surface area contributed by atoms with E-state index in [1.807, 2.05) is 0 Å². The summed E-state index contributed by atoms with van der Waals surface area (Å²) in [7, 11) is -2.19. The molecule has 0 spiro atoms. The zero-order valence-electron chi connectivity index (χ0n) is 20.2. The van der Waals surface area contributed by atoms with Crippen molar-refractivity contribution in [2.75, 3.05) is 0 Å². The molecule has 3 unspecified atom stereocenters. The van der Waals surface area contributed by atoms with Gasteiger partial charge in [-0.3, -0.25) is 0 Å². The molecule has 0 aliphatic carbocycles. The Morgan fingerprint density at radius 2 is 0.815 bits per heavy atom. The standard InChI is InChI=1S/C9H21OSi.3C4H9O.Ti/c1-7(2)11(10,8(3)4)9(5)6;3*1-3-4(2)5;/h7-9H,1-6H3;3*4H,3H2,1-2H3;/q4*-1;+4. The van der Waals surface area contributed by atoms with Crippen LogP contribution in [0, 0.1) is 0 Å². The Balaban J connectivity index is 6.27. The summed E-state index contributed by atoms with van der Waals surface area (Å²) in [5.41, 5.74) is 1.39. The Morgan fingerprint density at radius 3 is 1.00 bits per heavy atom. The number of hydrogen-bond donors (Lipinski definition) is 0. The van der Waals surface area contributed by atoms with Crippen molar-refractivity contribution in [2.24, 2.45) is 0 Å². The maximum atomic E-state index is 7.19. The Morgan fingerprint density at radius 1 is 0.556 bits per heavy atom. The summed E-state index contributed by atoms with van der Waals surface area (Å²) in [5.74, 6) is 0. The fraction of sp³-hybridized carbons (Fsp3) is 1.00. The first kappa shape index (κ1) is 27.8. The third-order valence-corrected chi connectivity index (χ3v) is 17.9. The summed E-state index contributed by atoms with van der Waals surface area (Å²) in [4.78, 5) is 0. The van der Waals surface area contributed by atoms with Crippen LogP contribution in [0.4, 0.5) is 0 Å². The van der Waals surface area contributed by atoms with Crippen molar-refractivity contribution in [2.45, 2.75) is 137 Å². The van der Waals surface area contributed by atoms with E-state index in [0.29, 0.717) is 16.6 Å². The van der Waals surface area contributed by atoms with Crippen LogP contribution >= 0.6 is 0 Å². The predicted octanol–water partition coefficient (Wildman–Crippen LogP) is 7.44. The van der Waals surface area contributed by atoms with Crippen LogP contribution in [0.15, 0.2) is 0 Å². The van der Waals surface area contributed by atoms with E-state index >= 15 is 0 Å². The van der Waals surface area contributed by atoms with E-state index in [2.05, 4.69) is 83.1 Å². The van der Waals surface area contributed by atoms with Crippen molar-refractivity contribution < 1.29 is 31.1 Å². The van der Waals surface area contributed by atoms with Gasteiger partial charge in [-0.1, -0.05) is 0 Å². The van der Waals surface area contributed by atoms with E-state index in [1.165, 1.54) is 0 Å². The SMILES string of the molecule is CCC(C)[O][Ti]([O]C(C)CC)([O]C(C)CC)[O][Si](C(C)C)(C(C)C)C(C)C. The Hall–Kier alpha value is 0.771. The molecule has 164 valence electrons. The normalized spacial score (nSPS) is 18.8. The van der Waals surface area contributed by atoms with Gasteiger partial charge in [-0.25, -0.2) is 0 Å². The van der Waals surface area contributed by atoms with E-state index in [1.54, 1.807) is 0 Å². The Labute approximate surface area is 176 Å². The van der Waals surface area contributed by atoms with Gasteiger partial charge in [0.25, 0.3) is 0 Å². The first-order valence-electron chi connectivity index (χ1n) is 11.1. The van der Waals surface area contributed by atoms with Gasteiger partial charge in [0.2, 0.25) is 0 Å².